The average Bonchev–Trinajstić information content (AvgIpc) is 2.00. The van der Waals surface area contributed by atoms with Crippen molar-refractivity contribution in [2.75, 3.05) is 38.6 Å². The van der Waals surface area contributed by atoms with Crippen molar-refractivity contribution in [2.24, 2.45) is 0 Å². The van der Waals surface area contributed by atoms with Crippen LogP contribution in [0.5, 0.6) is 0 Å². The minimum atomic E-state index is -4.21. The third kappa shape index (κ3) is 9.84. The first kappa shape index (κ1) is 16.2. The summed E-state index contributed by atoms with van der Waals surface area (Å²) in [5.41, 5.74) is 0. The molecule has 6 N–H and O–H groups in total. The molecule has 88 valence electrons. The molecule has 0 amide bonds. The fourth-order valence-corrected chi connectivity index (χ4v) is 1.34. The van der Waals surface area contributed by atoms with E-state index in [0.717, 1.165) is 0 Å². The molecule has 0 aromatic heterocycles. The first-order chi connectivity index (χ1) is 5.99. The van der Waals surface area contributed by atoms with Gasteiger partial charge in [-0.15, -0.1) is 0 Å². The van der Waals surface area contributed by atoms with Crippen LogP contribution >= 0.6 is 0 Å². The van der Waals surface area contributed by atoms with Gasteiger partial charge in [-0.05, 0) is 0 Å². The molecule has 0 rings (SSSR count). The fourth-order valence-electron chi connectivity index (χ4n) is 0.859. The molecule has 0 heterocycles. The van der Waals surface area contributed by atoms with Gasteiger partial charge in [0.05, 0.1) is 29.1 Å². The molecule has 7 nitrogen and oxygen atoms in total. The van der Waals surface area contributed by atoms with E-state index in [-0.39, 0.29) is 39.0 Å². The van der Waals surface area contributed by atoms with Gasteiger partial charge in [-0.25, -0.2) is 8.42 Å². The summed E-state index contributed by atoms with van der Waals surface area (Å²) in [6.45, 7) is 0.316. The smallest absolute Gasteiger partial charge is 0.0958 e. The van der Waals surface area contributed by atoms with Crippen molar-refractivity contribution >= 4 is 10.1 Å². The Hall–Kier alpha value is -0.250. The van der Waals surface area contributed by atoms with Gasteiger partial charge in [0, 0.05) is 19.6 Å². The van der Waals surface area contributed by atoms with Crippen LogP contribution in [-0.2, 0) is 10.1 Å². The van der Waals surface area contributed by atoms with Gasteiger partial charge in [-0.1, -0.05) is 0 Å². The van der Waals surface area contributed by atoms with Crippen molar-refractivity contribution in [2.45, 2.75) is 0 Å². The maximum atomic E-state index is 10.2. The summed E-state index contributed by atoms with van der Waals surface area (Å²) in [7, 11) is -4.21. The molecule has 0 aliphatic rings. The summed E-state index contributed by atoms with van der Waals surface area (Å²) in [6.07, 6.45) is 0. The Morgan fingerprint density at radius 3 is 1.79 bits per heavy atom. The molecule has 0 aliphatic carbocycles. The molecule has 0 unspecified atom stereocenters. The van der Waals surface area contributed by atoms with Gasteiger partial charge in [0.15, 0.2) is 0 Å². The number of rotatable bonds is 7. The normalized spacial score (nSPS) is 11.4. The second-order valence-electron chi connectivity index (χ2n) is 2.55. The molecule has 0 aliphatic heterocycles. The van der Waals surface area contributed by atoms with E-state index in [1.54, 1.807) is 0 Å². The molecule has 0 saturated heterocycles. The highest BCUT2D eigenvalue weighted by Gasteiger charge is 2.04. The van der Waals surface area contributed by atoms with Crippen LogP contribution in [0.2, 0.25) is 0 Å². The zero-order valence-corrected chi connectivity index (χ0v) is 9.03. The third-order valence-electron chi connectivity index (χ3n) is 1.49. The second kappa shape index (κ2) is 8.09. The summed E-state index contributed by atoms with van der Waals surface area (Å²) in [4.78, 5) is 1.51. The van der Waals surface area contributed by atoms with Gasteiger partial charge in [-0.3, -0.25) is 4.90 Å². The Balaban J connectivity index is 0. The molecule has 0 bridgehead atoms. The van der Waals surface area contributed by atoms with Crippen molar-refractivity contribution in [3.63, 3.8) is 0 Å². The van der Waals surface area contributed by atoms with Crippen LogP contribution in [-0.4, -0.2) is 66.7 Å². The average molecular weight is 230 g/mol. The molecule has 0 fully saturated rings. The summed E-state index contributed by atoms with van der Waals surface area (Å²) in [6, 6.07) is 0. The largest absolute Gasteiger partial charge is 0.748 e. The molecule has 8 heteroatoms. The molecule has 14 heavy (non-hydrogen) atoms. The molecule has 0 atom stereocenters. The van der Waals surface area contributed by atoms with Crippen molar-refractivity contribution < 1.29 is 23.2 Å². The van der Waals surface area contributed by atoms with Gasteiger partial charge < -0.3 is 20.9 Å². The van der Waals surface area contributed by atoms with Gasteiger partial charge in [0.1, 0.15) is 0 Å². The van der Waals surface area contributed by atoms with Crippen molar-refractivity contribution in [1.82, 2.24) is 11.1 Å². The minimum Gasteiger partial charge on any atom is -0.748 e. The number of aliphatic hydroxyl groups excluding tert-OH is 2. The lowest BCUT2D eigenvalue weighted by Crippen LogP contribution is -2.34. The van der Waals surface area contributed by atoms with E-state index in [1.807, 2.05) is 0 Å². The first-order valence-electron chi connectivity index (χ1n) is 3.87. The number of quaternary nitrogens is 1. The van der Waals surface area contributed by atoms with Crippen LogP contribution in [0.4, 0.5) is 0 Å². The zero-order chi connectivity index (χ0) is 10.3. The molecular weight excluding hydrogens is 212 g/mol. The molecule has 0 aromatic rings. The lowest BCUT2D eigenvalue weighted by Gasteiger charge is -2.20. The molecule has 0 spiro atoms. The van der Waals surface area contributed by atoms with E-state index >= 15 is 0 Å². The Morgan fingerprint density at radius 1 is 1.07 bits per heavy atom. The topological polar surface area (TPSA) is 137 Å². The van der Waals surface area contributed by atoms with E-state index in [9.17, 15) is 13.0 Å². The standard InChI is InChI=1S/C6H15NO5S.H3N/c8-4-1-7(2-5-9)3-6-13(10,11)12;/h8-9H,1-6H2,(H,10,11,12);1H3. The highest BCUT2D eigenvalue weighted by molar-refractivity contribution is 7.85. The third-order valence-corrected chi connectivity index (χ3v) is 2.17. The maximum absolute atomic E-state index is 10.2. The van der Waals surface area contributed by atoms with Crippen LogP contribution in [0.3, 0.4) is 0 Å². The summed E-state index contributed by atoms with van der Waals surface area (Å²) in [5.74, 6) is -0.493. The van der Waals surface area contributed by atoms with E-state index in [2.05, 4.69) is 0 Å². The quantitative estimate of drug-likeness (QED) is 0.441. The lowest BCUT2D eigenvalue weighted by atomic mass is 10.5. The zero-order valence-electron chi connectivity index (χ0n) is 8.22. The fraction of sp³-hybridized carbons (Fsp3) is 1.00. The number of hydrogen-bond donors (Lipinski definition) is 3. The predicted octanol–water partition coefficient (Wildman–Crippen LogP) is -1.81. The highest BCUT2D eigenvalue weighted by Crippen LogP contribution is 1.90. The van der Waals surface area contributed by atoms with E-state index < -0.39 is 15.9 Å². The molecule has 0 aromatic carbocycles. The second-order valence-corrected chi connectivity index (χ2v) is 4.07. The van der Waals surface area contributed by atoms with Crippen LogP contribution in [0.15, 0.2) is 0 Å². The highest BCUT2D eigenvalue weighted by atomic mass is 32.2. The number of hydrogen-bond acceptors (Lipinski definition) is 6. The van der Waals surface area contributed by atoms with Crippen molar-refractivity contribution in [1.29, 1.82) is 0 Å². The number of nitrogens with zero attached hydrogens (tertiary/aromatic N) is 1. The minimum absolute atomic E-state index is 0. The van der Waals surface area contributed by atoms with Crippen molar-refractivity contribution in [3.05, 3.63) is 0 Å². The van der Waals surface area contributed by atoms with E-state index in [1.165, 1.54) is 4.90 Å². The Morgan fingerprint density at radius 2 is 1.50 bits per heavy atom. The first-order valence-corrected chi connectivity index (χ1v) is 5.45. The van der Waals surface area contributed by atoms with Crippen LogP contribution in [0.1, 0.15) is 0 Å². The molecule has 0 radical (unpaired) electrons. The van der Waals surface area contributed by atoms with Gasteiger partial charge in [-0.2, -0.15) is 0 Å². The van der Waals surface area contributed by atoms with Crippen LogP contribution in [0, 0.1) is 0 Å². The maximum Gasteiger partial charge on any atom is 0.0958 e. The molecular formula is C6H18N2O5S. The van der Waals surface area contributed by atoms with Gasteiger partial charge in [0.25, 0.3) is 0 Å². The van der Waals surface area contributed by atoms with Crippen LogP contribution < -0.4 is 6.15 Å². The summed E-state index contributed by atoms with van der Waals surface area (Å²) in [5, 5.41) is 17.1. The van der Waals surface area contributed by atoms with Crippen molar-refractivity contribution in [3.8, 4) is 0 Å². The monoisotopic (exact) mass is 230 g/mol. The van der Waals surface area contributed by atoms with Gasteiger partial charge >= 0.3 is 0 Å². The van der Waals surface area contributed by atoms with Crippen LogP contribution in [0.25, 0.3) is 0 Å². The molecule has 0 saturated carbocycles. The van der Waals surface area contributed by atoms with Gasteiger partial charge in [0.2, 0.25) is 0 Å². The number of aliphatic hydroxyl groups is 2. The Labute approximate surface area is 83.7 Å². The predicted molar refractivity (Wildman–Crippen MR) is 51.2 cm³/mol. The van der Waals surface area contributed by atoms with E-state index in [4.69, 9.17) is 10.2 Å². The Bertz CT molecular complexity index is 212. The SMILES string of the molecule is O=S(=O)([O-])CCN(CCO)CCO.[NH4+]. The Kier molecular flexibility index (Phi) is 9.36. The van der Waals surface area contributed by atoms with E-state index in [0.29, 0.717) is 0 Å². The lowest BCUT2D eigenvalue weighted by molar-refractivity contribution is 0.166. The summed E-state index contributed by atoms with van der Waals surface area (Å²) >= 11 is 0. The summed E-state index contributed by atoms with van der Waals surface area (Å²) < 4.78 is 30.7.